The fourth-order valence-corrected chi connectivity index (χ4v) is 1.93. The maximum absolute atomic E-state index is 11.9. The van der Waals surface area contributed by atoms with Gasteiger partial charge in [0, 0.05) is 6.04 Å². The Kier molecular flexibility index (Phi) is 3.77. The van der Waals surface area contributed by atoms with Crippen molar-refractivity contribution in [1.29, 1.82) is 0 Å². The summed E-state index contributed by atoms with van der Waals surface area (Å²) in [5.74, 6) is 0.389. The van der Waals surface area contributed by atoms with Crippen LogP contribution in [0, 0.1) is 11.8 Å². The largest absolute Gasteiger partial charge is 0.460 e. The molecule has 0 radical (unpaired) electrons. The first kappa shape index (κ1) is 12.5. The molecule has 1 N–H and O–H groups in total. The second-order valence-corrected chi connectivity index (χ2v) is 5.66. The average molecular weight is 213 g/mol. The minimum atomic E-state index is -0.370. The van der Waals surface area contributed by atoms with Gasteiger partial charge >= 0.3 is 5.97 Å². The molecule has 0 spiro atoms. The number of nitrogens with one attached hydrogen (secondary N) is 1. The molecule has 0 bridgehead atoms. The van der Waals surface area contributed by atoms with Crippen LogP contribution in [-0.4, -0.2) is 24.2 Å². The zero-order valence-electron chi connectivity index (χ0n) is 10.5. The number of rotatable bonds is 1. The van der Waals surface area contributed by atoms with Gasteiger partial charge in [0.1, 0.15) is 5.60 Å². The summed E-state index contributed by atoms with van der Waals surface area (Å²) < 4.78 is 5.43. The van der Waals surface area contributed by atoms with E-state index in [1.165, 1.54) is 0 Å². The van der Waals surface area contributed by atoms with Crippen molar-refractivity contribution in [3.8, 4) is 0 Å². The Balaban J connectivity index is 2.57. The van der Waals surface area contributed by atoms with Crippen LogP contribution in [0.4, 0.5) is 0 Å². The molecule has 0 aromatic heterocycles. The summed E-state index contributed by atoms with van der Waals surface area (Å²) in [7, 11) is 0. The van der Waals surface area contributed by atoms with Gasteiger partial charge < -0.3 is 10.1 Å². The lowest BCUT2D eigenvalue weighted by atomic mass is 9.84. The number of piperidine rings is 1. The summed E-state index contributed by atoms with van der Waals surface area (Å²) in [5, 5.41) is 3.37. The molecule has 88 valence electrons. The molecule has 15 heavy (non-hydrogen) atoms. The van der Waals surface area contributed by atoms with E-state index in [0.29, 0.717) is 12.0 Å². The van der Waals surface area contributed by atoms with Gasteiger partial charge in [0.05, 0.1) is 5.92 Å². The van der Waals surface area contributed by atoms with Gasteiger partial charge in [-0.3, -0.25) is 4.79 Å². The van der Waals surface area contributed by atoms with Gasteiger partial charge in [-0.1, -0.05) is 6.92 Å². The van der Waals surface area contributed by atoms with Gasteiger partial charge in [0.2, 0.25) is 0 Å². The second-order valence-electron chi connectivity index (χ2n) is 5.66. The zero-order chi connectivity index (χ0) is 11.6. The second kappa shape index (κ2) is 4.52. The standard InChI is InChI=1S/C12H23NO2/c1-8-7-13-9(2)6-10(8)11(14)15-12(3,4)5/h8-10,13H,6-7H2,1-5H3. The highest BCUT2D eigenvalue weighted by Crippen LogP contribution is 2.25. The predicted molar refractivity (Wildman–Crippen MR) is 60.6 cm³/mol. The lowest BCUT2D eigenvalue weighted by molar-refractivity contribution is -0.163. The molecule has 0 aliphatic carbocycles. The van der Waals surface area contributed by atoms with Crippen molar-refractivity contribution in [2.75, 3.05) is 6.54 Å². The maximum Gasteiger partial charge on any atom is 0.309 e. The molecule has 1 aliphatic rings. The predicted octanol–water partition coefficient (Wildman–Crippen LogP) is 1.96. The first-order chi connectivity index (χ1) is 6.79. The topological polar surface area (TPSA) is 38.3 Å². The lowest BCUT2D eigenvalue weighted by Gasteiger charge is -2.34. The van der Waals surface area contributed by atoms with Crippen LogP contribution < -0.4 is 5.32 Å². The minimum Gasteiger partial charge on any atom is -0.460 e. The molecule has 1 fully saturated rings. The van der Waals surface area contributed by atoms with E-state index in [4.69, 9.17) is 4.74 Å². The summed E-state index contributed by atoms with van der Waals surface area (Å²) in [5.41, 5.74) is -0.370. The van der Waals surface area contributed by atoms with Crippen molar-refractivity contribution in [2.24, 2.45) is 11.8 Å². The normalized spacial score (nSPS) is 32.5. The van der Waals surface area contributed by atoms with E-state index in [9.17, 15) is 4.79 Å². The van der Waals surface area contributed by atoms with Gasteiger partial charge in [-0.05, 0) is 46.6 Å². The van der Waals surface area contributed by atoms with Crippen LogP contribution in [0.5, 0.6) is 0 Å². The van der Waals surface area contributed by atoms with Crippen LogP contribution >= 0.6 is 0 Å². The third-order valence-electron chi connectivity index (χ3n) is 2.79. The number of hydrogen-bond acceptors (Lipinski definition) is 3. The first-order valence-electron chi connectivity index (χ1n) is 5.76. The molecular weight excluding hydrogens is 190 g/mol. The van der Waals surface area contributed by atoms with E-state index in [1.807, 2.05) is 20.8 Å². The first-order valence-corrected chi connectivity index (χ1v) is 5.76. The van der Waals surface area contributed by atoms with Crippen molar-refractivity contribution < 1.29 is 9.53 Å². The van der Waals surface area contributed by atoms with Crippen LogP contribution in [0.15, 0.2) is 0 Å². The molecular formula is C12H23NO2. The molecule has 1 heterocycles. The molecule has 0 aromatic rings. The molecule has 0 aromatic carbocycles. The fourth-order valence-electron chi connectivity index (χ4n) is 1.93. The molecule has 1 saturated heterocycles. The Morgan fingerprint density at radius 1 is 1.33 bits per heavy atom. The Morgan fingerprint density at radius 2 is 1.93 bits per heavy atom. The third-order valence-corrected chi connectivity index (χ3v) is 2.79. The van der Waals surface area contributed by atoms with Crippen molar-refractivity contribution in [3.63, 3.8) is 0 Å². The quantitative estimate of drug-likeness (QED) is 0.677. The molecule has 1 rings (SSSR count). The van der Waals surface area contributed by atoms with Gasteiger partial charge in [-0.2, -0.15) is 0 Å². The Hall–Kier alpha value is -0.570. The molecule has 3 unspecified atom stereocenters. The van der Waals surface area contributed by atoms with Crippen LogP contribution in [0.2, 0.25) is 0 Å². The van der Waals surface area contributed by atoms with Crippen LogP contribution in [0.25, 0.3) is 0 Å². The van der Waals surface area contributed by atoms with Crippen molar-refractivity contribution >= 4 is 5.97 Å². The number of carbonyl (C=O) groups excluding carboxylic acids is 1. The molecule has 3 atom stereocenters. The minimum absolute atomic E-state index is 0.0386. The van der Waals surface area contributed by atoms with Crippen molar-refractivity contribution in [2.45, 2.75) is 52.7 Å². The number of carbonyl (C=O) groups is 1. The molecule has 0 saturated carbocycles. The maximum atomic E-state index is 11.9. The van der Waals surface area contributed by atoms with Crippen LogP contribution in [0.1, 0.15) is 41.0 Å². The Labute approximate surface area is 92.6 Å². The van der Waals surface area contributed by atoms with Crippen molar-refractivity contribution in [3.05, 3.63) is 0 Å². The van der Waals surface area contributed by atoms with Crippen LogP contribution in [0.3, 0.4) is 0 Å². The molecule has 1 aliphatic heterocycles. The smallest absolute Gasteiger partial charge is 0.309 e. The van der Waals surface area contributed by atoms with E-state index >= 15 is 0 Å². The van der Waals surface area contributed by atoms with Crippen molar-refractivity contribution in [1.82, 2.24) is 5.32 Å². The van der Waals surface area contributed by atoms with E-state index in [-0.39, 0.29) is 17.5 Å². The van der Waals surface area contributed by atoms with E-state index < -0.39 is 0 Å². The SMILES string of the molecule is CC1CC(C(=O)OC(C)(C)C)C(C)CN1. The number of esters is 1. The third kappa shape index (κ3) is 3.82. The van der Waals surface area contributed by atoms with Crippen LogP contribution in [-0.2, 0) is 9.53 Å². The monoisotopic (exact) mass is 213 g/mol. The summed E-state index contributed by atoms with van der Waals surface area (Å²) in [4.78, 5) is 11.9. The number of hydrogen-bond donors (Lipinski definition) is 1. The molecule has 0 amide bonds. The van der Waals surface area contributed by atoms with Gasteiger partial charge in [0.25, 0.3) is 0 Å². The highest BCUT2D eigenvalue weighted by molar-refractivity contribution is 5.73. The summed E-state index contributed by atoms with van der Waals surface area (Å²) in [6.45, 7) is 10.9. The fraction of sp³-hybridized carbons (Fsp3) is 0.917. The van der Waals surface area contributed by atoms with E-state index in [2.05, 4.69) is 19.2 Å². The van der Waals surface area contributed by atoms with Gasteiger partial charge in [0.15, 0.2) is 0 Å². The average Bonchev–Trinajstić information content (AvgIpc) is 2.06. The van der Waals surface area contributed by atoms with Gasteiger partial charge in [-0.15, -0.1) is 0 Å². The highest BCUT2D eigenvalue weighted by Gasteiger charge is 2.33. The summed E-state index contributed by atoms with van der Waals surface area (Å²) >= 11 is 0. The molecule has 3 nitrogen and oxygen atoms in total. The Bertz CT molecular complexity index is 232. The summed E-state index contributed by atoms with van der Waals surface area (Å²) in [6, 6.07) is 0.415. The number of ether oxygens (including phenoxy) is 1. The Morgan fingerprint density at radius 3 is 2.47 bits per heavy atom. The molecule has 3 heteroatoms. The lowest BCUT2D eigenvalue weighted by Crippen LogP contribution is -2.45. The summed E-state index contributed by atoms with van der Waals surface area (Å²) in [6.07, 6.45) is 0.885. The zero-order valence-corrected chi connectivity index (χ0v) is 10.5. The van der Waals surface area contributed by atoms with E-state index in [0.717, 1.165) is 13.0 Å². The van der Waals surface area contributed by atoms with E-state index in [1.54, 1.807) is 0 Å². The van der Waals surface area contributed by atoms with Gasteiger partial charge in [-0.25, -0.2) is 0 Å². The highest BCUT2D eigenvalue weighted by atomic mass is 16.6.